The largest absolute Gasteiger partial charge is 0.397 e. The molecular weight excluding hydrogens is 307 g/mol. The number of hydrogen-bond acceptors (Lipinski definition) is 2. The molecule has 19 heavy (non-hydrogen) atoms. The second-order valence-electron chi connectivity index (χ2n) is 5.50. The van der Waals surface area contributed by atoms with Crippen LogP contribution in [-0.4, -0.2) is 6.04 Å². The topological polar surface area (TPSA) is 38.0 Å². The zero-order valence-electron chi connectivity index (χ0n) is 11.4. The van der Waals surface area contributed by atoms with Crippen molar-refractivity contribution < 1.29 is 4.39 Å². The van der Waals surface area contributed by atoms with Crippen LogP contribution in [0.15, 0.2) is 16.6 Å². The first-order valence-corrected chi connectivity index (χ1v) is 7.90. The molecule has 0 amide bonds. The third kappa shape index (κ3) is 3.85. The molecule has 0 radical (unpaired) electrons. The molecule has 3 N–H and O–H groups in total. The summed E-state index contributed by atoms with van der Waals surface area (Å²) in [7, 11) is 0. The molecule has 1 aliphatic rings. The highest BCUT2D eigenvalue weighted by molar-refractivity contribution is 9.10. The van der Waals surface area contributed by atoms with Crippen molar-refractivity contribution in [1.82, 2.24) is 0 Å². The van der Waals surface area contributed by atoms with Crippen LogP contribution in [0.3, 0.4) is 0 Å². The zero-order chi connectivity index (χ0) is 13.8. The van der Waals surface area contributed by atoms with Gasteiger partial charge in [0.25, 0.3) is 0 Å². The van der Waals surface area contributed by atoms with E-state index in [2.05, 4.69) is 28.2 Å². The van der Waals surface area contributed by atoms with E-state index >= 15 is 0 Å². The van der Waals surface area contributed by atoms with Gasteiger partial charge in [0.15, 0.2) is 0 Å². The average molecular weight is 329 g/mol. The Labute approximate surface area is 123 Å². The second-order valence-corrected chi connectivity index (χ2v) is 6.36. The molecule has 1 aliphatic carbocycles. The number of hydrogen-bond donors (Lipinski definition) is 2. The molecule has 0 bridgehead atoms. The molecule has 0 atom stereocenters. The van der Waals surface area contributed by atoms with E-state index in [9.17, 15) is 4.39 Å². The Balaban J connectivity index is 1.94. The third-order valence-electron chi connectivity index (χ3n) is 4.00. The Kier molecular flexibility index (Phi) is 5.08. The number of rotatable bonds is 4. The van der Waals surface area contributed by atoms with Crippen molar-refractivity contribution in [3.63, 3.8) is 0 Å². The van der Waals surface area contributed by atoms with E-state index in [1.807, 2.05) is 0 Å². The minimum Gasteiger partial charge on any atom is -0.397 e. The SMILES string of the molecule is CCCC1CCC(Nc2cc(F)c(Br)cc2N)CC1. The fourth-order valence-corrected chi connectivity index (χ4v) is 3.27. The maximum absolute atomic E-state index is 13.5. The predicted molar refractivity (Wildman–Crippen MR) is 82.8 cm³/mol. The van der Waals surface area contributed by atoms with Gasteiger partial charge in [-0.25, -0.2) is 4.39 Å². The van der Waals surface area contributed by atoms with E-state index in [1.54, 1.807) is 6.07 Å². The lowest BCUT2D eigenvalue weighted by molar-refractivity contribution is 0.319. The lowest BCUT2D eigenvalue weighted by atomic mass is 9.83. The normalized spacial score (nSPS) is 23.3. The van der Waals surface area contributed by atoms with Crippen LogP contribution in [0.4, 0.5) is 15.8 Å². The van der Waals surface area contributed by atoms with E-state index in [-0.39, 0.29) is 5.82 Å². The molecule has 0 aliphatic heterocycles. The van der Waals surface area contributed by atoms with E-state index in [0.717, 1.165) is 24.4 Å². The van der Waals surface area contributed by atoms with Gasteiger partial charge in [-0.05, 0) is 53.6 Å². The molecule has 1 aromatic carbocycles. The van der Waals surface area contributed by atoms with E-state index in [4.69, 9.17) is 5.73 Å². The molecule has 1 fully saturated rings. The summed E-state index contributed by atoms with van der Waals surface area (Å²) >= 11 is 3.15. The van der Waals surface area contributed by atoms with Crippen molar-refractivity contribution in [2.75, 3.05) is 11.1 Å². The van der Waals surface area contributed by atoms with Crippen LogP contribution < -0.4 is 11.1 Å². The Morgan fingerprint density at radius 1 is 1.32 bits per heavy atom. The summed E-state index contributed by atoms with van der Waals surface area (Å²) in [6, 6.07) is 3.54. The van der Waals surface area contributed by atoms with E-state index in [0.29, 0.717) is 16.2 Å². The second kappa shape index (κ2) is 6.60. The summed E-state index contributed by atoms with van der Waals surface area (Å²) in [5, 5.41) is 3.39. The molecule has 1 aromatic rings. The van der Waals surface area contributed by atoms with Gasteiger partial charge in [0.1, 0.15) is 5.82 Å². The fourth-order valence-electron chi connectivity index (χ4n) is 2.91. The van der Waals surface area contributed by atoms with Gasteiger partial charge in [-0.15, -0.1) is 0 Å². The summed E-state index contributed by atoms with van der Waals surface area (Å²) < 4.78 is 14.0. The van der Waals surface area contributed by atoms with Crippen molar-refractivity contribution in [2.45, 2.75) is 51.5 Å². The maximum atomic E-state index is 13.5. The average Bonchev–Trinajstić information content (AvgIpc) is 2.38. The van der Waals surface area contributed by atoms with E-state index < -0.39 is 0 Å². The highest BCUT2D eigenvalue weighted by Gasteiger charge is 2.21. The lowest BCUT2D eigenvalue weighted by Crippen LogP contribution is -2.26. The van der Waals surface area contributed by atoms with Gasteiger partial charge in [-0.1, -0.05) is 19.8 Å². The van der Waals surface area contributed by atoms with Gasteiger partial charge < -0.3 is 11.1 Å². The monoisotopic (exact) mass is 328 g/mol. The molecule has 0 saturated heterocycles. The smallest absolute Gasteiger partial charge is 0.139 e. The molecule has 0 unspecified atom stereocenters. The van der Waals surface area contributed by atoms with Crippen LogP contribution in [0.2, 0.25) is 0 Å². The summed E-state index contributed by atoms with van der Waals surface area (Å²) in [5.41, 5.74) is 7.25. The minimum atomic E-state index is -0.267. The highest BCUT2D eigenvalue weighted by atomic mass is 79.9. The summed E-state index contributed by atoms with van der Waals surface area (Å²) in [6.07, 6.45) is 7.45. The molecule has 106 valence electrons. The van der Waals surface area contributed by atoms with Crippen LogP contribution in [-0.2, 0) is 0 Å². The van der Waals surface area contributed by atoms with Crippen molar-refractivity contribution in [3.05, 3.63) is 22.4 Å². The summed E-state index contributed by atoms with van der Waals surface area (Å²) in [6.45, 7) is 2.25. The molecule has 1 saturated carbocycles. The number of nitrogens with two attached hydrogens (primary N) is 1. The van der Waals surface area contributed by atoms with Crippen LogP contribution in [0.5, 0.6) is 0 Å². The van der Waals surface area contributed by atoms with E-state index in [1.165, 1.54) is 31.7 Å². The van der Waals surface area contributed by atoms with Crippen LogP contribution in [0, 0.1) is 11.7 Å². The van der Waals surface area contributed by atoms with Gasteiger partial charge in [0, 0.05) is 12.1 Å². The quantitative estimate of drug-likeness (QED) is 0.768. The Morgan fingerprint density at radius 2 is 2.00 bits per heavy atom. The summed E-state index contributed by atoms with van der Waals surface area (Å²) in [5.74, 6) is 0.610. The molecule has 0 spiro atoms. The van der Waals surface area contributed by atoms with Crippen molar-refractivity contribution in [3.8, 4) is 0 Å². The van der Waals surface area contributed by atoms with Crippen molar-refractivity contribution in [2.24, 2.45) is 5.92 Å². The van der Waals surface area contributed by atoms with Gasteiger partial charge in [-0.2, -0.15) is 0 Å². The Morgan fingerprint density at radius 3 is 2.63 bits per heavy atom. The number of nitrogen functional groups attached to an aromatic ring is 1. The molecular formula is C15H22BrFN2. The highest BCUT2D eigenvalue weighted by Crippen LogP contribution is 2.32. The van der Waals surface area contributed by atoms with Crippen molar-refractivity contribution >= 4 is 27.3 Å². The van der Waals surface area contributed by atoms with Gasteiger partial charge in [-0.3, -0.25) is 0 Å². The first-order valence-electron chi connectivity index (χ1n) is 7.11. The zero-order valence-corrected chi connectivity index (χ0v) is 13.0. The fraction of sp³-hybridized carbons (Fsp3) is 0.600. The Hall–Kier alpha value is -0.770. The molecule has 0 heterocycles. The molecule has 4 heteroatoms. The van der Waals surface area contributed by atoms with Gasteiger partial charge >= 0.3 is 0 Å². The number of nitrogens with one attached hydrogen (secondary N) is 1. The third-order valence-corrected chi connectivity index (χ3v) is 4.60. The molecule has 2 nitrogen and oxygen atoms in total. The van der Waals surface area contributed by atoms with Crippen LogP contribution >= 0.6 is 15.9 Å². The van der Waals surface area contributed by atoms with Gasteiger partial charge in [0.2, 0.25) is 0 Å². The molecule has 0 aromatic heterocycles. The van der Waals surface area contributed by atoms with Gasteiger partial charge in [0.05, 0.1) is 15.8 Å². The maximum Gasteiger partial charge on any atom is 0.139 e. The molecule has 2 rings (SSSR count). The number of halogens is 2. The predicted octanol–water partition coefficient (Wildman–Crippen LogP) is 4.94. The standard InChI is InChI=1S/C15H22BrFN2/c1-2-3-10-4-6-11(7-5-10)19-15-9-13(17)12(16)8-14(15)18/h8-11,19H,2-7,18H2,1H3. The van der Waals surface area contributed by atoms with Crippen molar-refractivity contribution in [1.29, 1.82) is 0 Å². The Bertz CT molecular complexity index is 428. The lowest BCUT2D eigenvalue weighted by Gasteiger charge is -2.30. The van der Waals surface area contributed by atoms with Crippen LogP contribution in [0.1, 0.15) is 45.4 Å². The number of anilines is 2. The number of benzene rings is 1. The minimum absolute atomic E-state index is 0.267. The van der Waals surface area contributed by atoms with Crippen LogP contribution in [0.25, 0.3) is 0 Å². The summed E-state index contributed by atoms with van der Waals surface area (Å²) in [4.78, 5) is 0. The first kappa shape index (κ1) is 14.6. The first-order chi connectivity index (χ1) is 9.10.